The van der Waals surface area contributed by atoms with Crippen LogP contribution in [0.2, 0.25) is 5.02 Å². The second-order valence-corrected chi connectivity index (χ2v) is 3.72. The topological polar surface area (TPSA) is 38.9 Å². The van der Waals surface area contributed by atoms with Crippen LogP contribution in [0.4, 0.5) is 0 Å². The summed E-state index contributed by atoms with van der Waals surface area (Å²) < 4.78 is 5.01. The molecular formula is C10H8Cl2N2O. The smallest absolute Gasteiger partial charge is 0.228 e. The first kappa shape index (κ1) is 10.5. The van der Waals surface area contributed by atoms with Gasteiger partial charge in [-0.1, -0.05) is 28.9 Å². The molecule has 0 unspecified atom stereocenters. The van der Waals surface area contributed by atoms with Crippen LogP contribution < -0.4 is 0 Å². The van der Waals surface area contributed by atoms with Crippen molar-refractivity contribution in [2.24, 2.45) is 0 Å². The molecule has 0 bridgehead atoms. The van der Waals surface area contributed by atoms with E-state index in [1.54, 1.807) is 6.07 Å². The number of halogens is 2. The second-order valence-electron chi connectivity index (χ2n) is 2.93. The van der Waals surface area contributed by atoms with Crippen molar-refractivity contribution in [2.75, 3.05) is 5.88 Å². The maximum atomic E-state index is 6.00. The number of hydrogen-bond donors (Lipinski definition) is 0. The average Bonchev–Trinajstić information content (AvgIpc) is 2.68. The number of nitrogens with zero attached hydrogens (tertiary/aromatic N) is 2. The number of rotatable bonds is 3. The first-order valence-electron chi connectivity index (χ1n) is 4.44. The molecular weight excluding hydrogens is 235 g/mol. The molecule has 0 aliphatic heterocycles. The molecule has 0 radical (unpaired) electrons. The van der Waals surface area contributed by atoms with Crippen molar-refractivity contribution in [1.82, 2.24) is 10.1 Å². The number of hydrogen-bond acceptors (Lipinski definition) is 3. The van der Waals surface area contributed by atoms with Gasteiger partial charge in [0.1, 0.15) is 0 Å². The van der Waals surface area contributed by atoms with Crippen LogP contribution in [-0.2, 0) is 6.42 Å². The first-order chi connectivity index (χ1) is 7.31. The van der Waals surface area contributed by atoms with Crippen LogP contribution in [0.25, 0.3) is 11.4 Å². The normalized spacial score (nSPS) is 10.5. The van der Waals surface area contributed by atoms with E-state index in [-0.39, 0.29) is 0 Å². The summed E-state index contributed by atoms with van der Waals surface area (Å²) in [7, 11) is 0. The zero-order valence-corrected chi connectivity index (χ0v) is 9.29. The van der Waals surface area contributed by atoms with E-state index in [4.69, 9.17) is 27.7 Å². The van der Waals surface area contributed by atoms with E-state index in [1.165, 1.54) is 0 Å². The second kappa shape index (κ2) is 4.64. The molecule has 0 aliphatic rings. The Labute approximate surface area is 97.0 Å². The Morgan fingerprint density at radius 3 is 2.80 bits per heavy atom. The number of aryl methyl sites for hydroxylation is 1. The van der Waals surface area contributed by atoms with Gasteiger partial charge in [0.05, 0.1) is 5.02 Å². The molecule has 3 nitrogen and oxygen atoms in total. The minimum atomic E-state index is 0.462. The van der Waals surface area contributed by atoms with Crippen LogP contribution in [0, 0.1) is 0 Å². The number of alkyl halides is 1. The lowest BCUT2D eigenvalue weighted by Crippen LogP contribution is -1.86. The maximum Gasteiger partial charge on any atom is 0.228 e. The molecule has 0 N–H and O–H groups in total. The van der Waals surface area contributed by atoms with Crippen molar-refractivity contribution in [1.29, 1.82) is 0 Å². The van der Waals surface area contributed by atoms with E-state index < -0.39 is 0 Å². The molecule has 0 atom stereocenters. The Kier molecular flexibility index (Phi) is 3.23. The van der Waals surface area contributed by atoms with Crippen molar-refractivity contribution in [3.05, 3.63) is 35.2 Å². The fourth-order valence-electron chi connectivity index (χ4n) is 1.19. The lowest BCUT2D eigenvalue weighted by Gasteiger charge is -1.95. The van der Waals surface area contributed by atoms with Crippen molar-refractivity contribution >= 4 is 23.2 Å². The summed E-state index contributed by atoms with van der Waals surface area (Å²) in [6.45, 7) is 0. The standard InChI is InChI=1S/C10H8Cl2N2O/c11-6-5-9-13-10(14-15-9)7-3-1-2-4-8(7)12/h1-4H,5-6H2. The first-order valence-corrected chi connectivity index (χ1v) is 5.36. The highest BCUT2D eigenvalue weighted by Gasteiger charge is 2.10. The Morgan fingerprint density at radius 1 is 1.27 bits per heavy atom. The van der Waals surface area contributed by atoms with Gasteiger partial charge in [0.2, 0.25) is 11.7 Å². The van der Waals surface area contributed by atoms with Crippen LogP contribution in [0.1, 0.15) is 5.89 Å². The van der Waals surface area contributed by atoms with E-state index in [0.29, 0.717) is 29.0 Å². The fraction of sp³-hybridized carbons (Fsp3) is 0.200. The van der Waals surface area contributed by atoms with Gasteiger partial charge in [-0.15, -0.1) is 11.6 Å². The summed E-state index contributed by atoms with van der Waals surface area (Å²) in [6, 6.07) is 7.36. The van der Waals surface area contributed by atoms with Crippen molar-refractivity contribution in [3.63, 3.8) is 0 Å². The molecule has 0 saturated heterocycles. The zero-order valence-electron chi connectivity index (χ0n) is 7.78. The molecule has 0 saturated carbocycles. The largest absolute Gasteiger partial charge is 0.339 e. The highest BCUT2D eigenvalue weighted by Crippen LogP contribution is 2.24. The highest BCUT2D eigenvalue weighted by atomic mass is 35.5. The predicted octanol–water partition coefficient (Wildman–Crippen LogP) is 3.17. The lowest BCUT2D eigenvalue weighted by molar-refractivity contribution is 0.383. The van der Waals surface area contributed by atoms with Crippen molar-refractivity contribution in [2.45, 2.75) is 6.42 Å². The fourth-order valence-corrected chi connectivity index (χ4v) is 1.57. The van der Waals surface area contributed by atoms with Gasteiger partial charge in [-0.2, -0.15) is 4.98 Å². The molecule has 2 rings (SSSR count). The number of benzene rings is 1. The molecule has 1 heterocycles. The lowest BCUT2D eigenvalue weighted by atomic mass is 10.2. The molecule has 0 spiro atoms. The summed E-state index contributed by atoms with van der Waals surface area (Å²) in [5, 5.41) is 4.44. The van der Waals surface area contributed by atoms with Gasteiger partial charge in [-0.05, 0) is 12.1 Å². The van der Waals surface area contributed by atoms with Gasteiger partial charge in [-0.3, -0.25) is 0 Å². The summed E-state index contributed by atoms with van der Waals surface area (Å²) >= 11 is 11.6. The van der Waals surface area contributed by atoms with E-state index in [2.05, 4.69) is 10.1 Å². The molecule has 0 aliphatic carbocycles. The molecule has 78 valence electrons. The van der Waals surface area contributed by atoms with Crippen LogP contribution in [0.5, 0.6) is 0 Å². The summed E-state index contributed by atoms with van der Waals surface area (Å²) in [5.74, 6) is 1.49. The monoisotopic (exact) mass is 242 g/mol. The molecule has 2 aromatic rings. The van der Waals surface area contributed by atoms with Crippen LogP contribution in [0.3, 0.4) is 0 Å². The Morgan fingerprint density at radius 2 is 2.07 bits per heavy atom. The molecule has 1 aromatic carbocycles. The van der Waals surface area contributed by atoms with E-state index >= 15 is 0 Å². The van der Waals surface area contributed by atoms with Crippen LogP contribution >= 0.6 is 23.2 Å². The highest BCUT2D eigenvalue weighted by molar-refractivity contribution is 6.33. The minimum absolute atomic E-state index is 0.462. The van der Waals surface area contributed by atoms with Gasteiger partial charge in [0.25, 0.3) is 0 Å². The van der Waals surface area contributed by atoms with Crippen LogP contribution in [0.15, 0.2) is 28.8 Å². The summed E-state index contributed by atoms with van der Waals surface area (Å²) in [4.78, 5) is 4.18. The summed E-state index contributed by atoms with van der Waals surface area (Å²) in [6.07, 6.45) is 0.568. The van der Waals surface area contributed by atoms with Crippen molar-refractivity contribution in [3.8, 4) is 11.4 Å². The maximum absolute atomic E-state index is 6.00. The third-order valence-corrected chi connectivity index (χ3v) is 2.41. The molecule has 0 amide bonds. The van der Waals surface area contributed by atoms with E-state index in [1.807, 2.05) is 18.2 Å². The Bertz CT molecular complexity index is 456. The van der Waals surface area contributed by atoms with Crippen LogP contribution in [-0.4, -0.2) is 16.0 Å². The third kappa shape index (κ3) is 2.30. The minimum Gasteiger partial charge on any atom is -0.339 e. The number of aromatic nitrogens is 2. The molecule has 5 heteroatoms. The quantitative estimate of drug-likeness (QED) is 0.777. The van der Waals surface area contributed by atoms with Gasteiger partial charge in [0.15, 0.2) is 0 Å². The van der Waals surface area contributed by atoms with E-state index in [9.17, 15) is 0 Å². The van der Waals surface area contributed by atoms with Gasteiger partial charge >= 0.3 is 0 Å². The third-order valence-electron chi connectivity index (χ3n) is 1.89. The molecule has 1 aromatic heterocycles. The van der Waals surface area contributed by atoms with E-state index in [0.717, 1.165) is 5.56 Å². The van der Waals surface area contributed by atoms with Gasteiger partial charge in [0, 0.05) is 17.9 Å². The Hall–Kier alpha value is -1.06. The average molecular weight is 243 g/mol. The molecule has 0 fully saturated rings. The molecule has 15 heavy (non-hydrogen) atoms. The summed E-state index contributed by atoms with van der Waals surface area (Å²) in [5.41, 5.74) is 0.767. The Balaban J connectivity index is 2.33. The SMILES string of the molecule is ClCCc1nc(-c2ccccc2Cl)no1. The van der Waals surface area contributed by atoms with Gasteiger partial charge in [-0.25, -0.2) is 0 Å². The van der Waals surface area contributed by atoms with Crippen molar-refractivity contribution < 1.29 is 4.52 Å². The van der Waals surface area contributed by atoms with Gasteiger partial charge < -0.3 is 4.52 Å². The zero-order chi connectivity index (χ0) is 10.7. The predicted molar refractivity (Wildman–Crippen MR) is 59.2 cm³/mol.